The summed E-state index contributed by atoms with van der Waals surface area (Å²) in [6.45, 7) is 7.32. The lowest BCUT2D eigenvalue weighted by atomic mass is 9.82. The normalized spacial score (nSPS) is 22.0. The van der Waals surface area contributed by atoms with Crippen molar-refractivity contribution in [1.29, 1.82) is 0 Å². The Kier molecular flexibility index (Phi) is 4.91. The maximum Gasteiger partial charge on any atom is 0.142 e. The van der Waals surface area contributed by atoms with E-state index in [0.717, 1.165) is 22.2 Å². The number of thioether (sulfide) groups is 1. The van der Waals surface area contributed by atoms with Gasteiger partial charge in [0.1, 0.15) is 5.75 Å². The maximum absolute atomic E-state index is 6.10. The molecule has 1 atom stereocenters. The third-order valence-corrected chi connectivity index (χ3v) is 4.99. The molecule has 106 valence electrons. The van der Waals surface area contributed by atoms with Gasteiger partial charge in [0, 0.05) is 16.8 Å². The standard InChI is InChI=1S/C15H22ClNOS/c1-4-18-13-6-5-11(16)9-12(13)17-14-10-19-8-7-15(14,2)3/h5-6,9,14,17H,4,7-8,10H2,1-3H3. The Morgan fingerprint density at radius 3 is 2.95 bits per heavy atom. The smallest absolute Gasteiger partial charge is 0.142 e. The summed E-state index contributed by atoms with van der Waals surface area (Å²) in [5.41, 5.74) is 1.31. The van der Waals surface area contributed by atoms with Gasteiger partial charge in [0.25, 0.3) is 0 Å². The predicted molar refractivity (Wildman–Crippen MR) is 85.8 cm³/mol. The van der Waals surface area contributed by atoms with E-state index < -0.39 is 0 Å². The number of benzene rings is 1. The number of hydrogen-bond donors (Lipinski definition) is 1. The molecule has 0 amide bonds. The van der Waals surface area contributed by atoms with Gasteiger partial charge >= 0.3 is 0 Å². The van der Waals surface area contributed by atoms with Crippen molar-refractivity contribution in [3.8, 4) is 5.75 Å². The van der Waals surface area contributed by atoms with E-state index in [1.54, 1.807) is 0 Å². The molecule has 0 radical (unpaired) electrons. The molecule has 0 aromatic heterocycles. The molecule has 4 heteroatoms. The van der Waals surface area contributed by atoms with Crippen LogP contribution in [0, 0.1) is 5.41 Å². The molecule has 2 nitrogen and oxygen atoms in total. The third kappa shape index (κ3) is 3.73. The first kappa shape index (κ1) is 14.9. The number of hydrogen-bond acceptors (Lipinski definition) is 3. The van der Waals surface area contributed by atoms with Crippen molar-refractivity contribution >= 4 is 29.1 Å². The Morgan fingerprint density at radius 1 is 1.47 bits per heavy atom. The second-order valence-corrected chi connectivity index (χ2v) is 7.17. The molecule has 0 saturated carbocycles. The molecule has 1 saturated heterocycles. The van der Waals surface area contributed by atoms with E-state index in [9.17, 15) is 0 Å². The molecule has 1 fully saturated rings. The lowest BCUT2D eigenvalue weighted by Gasteiger charge is -2.39. The van der Waals surface area contributed by atoms with Gasteiger partial charge in [-0.2, -0.15) is 11.8 Å². The minimum absolute atomic E-state index is 0.303. The summed E-state index contributed by atoms with van der Waals surface area (Å²) in [5, 5.41) is 4.38. The number of halogens is 1. The topological polar surface area (TPSA) is 21.3 Å². The Balaban J connectivity index is 2.19. The molecular formula is C15H22ClNOS. The van der Waals surface area contributed by atoms with E-state index in [2.05, 4.69) is 19.2 Å². The van der Waals surface area contributed by atoms with Crippen molar-refractivity contribution in [2.24, 2.45) is 5.41 Å². The molecule has 0 aliphatic carbocycles. The van der Waals surface area contributed by atoms with Gasteiger partial charge in [0.15, 0.2) is 0 Å². The minimum atomic E-state index is 0.303. The summed E-state index contributed by atoms with van der Waals surface area (Å²) < 4.78 is 5.67. The molecule has 1 aliphatic heterocycles. The highest BCUT2D eigenvalue weighted by atomic mass is 35.5. The average molecular weight is 300 g/mol. The van der Waals surface area contributed by atoms with Crippen LogP contribution in [0.1, 0.15) is 27.2 Å². The molecule has 1 aromatic carbocycles. The Labute approximate surface area is 125 Å². The van der Waals surface area contributed by atoms with E-state index in [1.807, 2.05) is 36.9 Å². The zero-order valence-electron chi connectivity index (χ0n) is 11.8. The van der Waals surface area contributed by atoms with Crippen molar-refractivity contribution in [3.05, 3.63) is 23.2 Å². The summed E-state index contributed by atoms with van der Waals surface area (Å²) in [6, 6.07) is 6.22. The van der Waals surface area contributed by atoms with E-state index in [1.165, 1.54) is 12.2 Å². The van der Waals surface area contributed by atoms with Gasteiger partial charge in [-0.25, -0.2) is 0 Å². The Morgan fingerprint density at radius 2 is 2.26 bits per heavy atom. The number of nitrogens with one attached hydrogen (secondary N) is 1. The van der Waals surface area contributed by atoms with Crippen LogP contribution in [-0.2, 0) is 0 Å². The fourth-order valence-corrected chi connectivity index (χ4v) is 4.04. The van der Waals surface area contributed by atoms with Crippen molar-refractivity contribution in [2.75, 3.05) is 23.4 Å². The maximum atomic E-state index is 6.10. The van der Waals surface area contributed by atoms with Crippen molar-refractivity contribution in [1.82, 2.24) is 0 Å². The highest BCUT2D eigenvalue weighted by Gasteiger charge is 2.32. The molecule has 1 aliphatic rings. The second kappa shape index (κ2) is 6.27. The van der Waals surface area contributed by atoms with Crippen LogP contribution in [0.2, 0.25) is 5.02 Å². The van der Waals surface area contributed by atoms with E-state index in [-0.39, 0.29) is 0 Å². The largest absolute Gasteiger partial charge is 0.492 e. The number of anilines is 1. The summed E-state index contributed by atoms with van der Waals surface area (Å²) in [5.74, 6) is 3.27. The minimum Gasteiger partial charge on any atom is -0.492 e. The van der Waals surface area contributed by atoms with Gasteiger partial charge in [-0.15, -0.1) is 0 Å². The van der Waals surface area contributed by atoms with Crippen LogP contribution < -0.4 is 10.1 Å². The van der Waals surface area contributed by atoms with E-state index in [0.29, 0.717) is 18.1 Å². The SMILES string of the molecule is CCOc1ccc(Cl)cc1NC1CSCCC1(C)C. The molecule has 19 heavy (non-hydrogen) atoms. The predicted octanol–water partition coefficient (Wildman–Crippen LogP) is 4.68. The first-order valence-corrected chi connectivity index (χ1v) is 8.33. The van der Waals surface area contributed by atoms with Gasteiger partial charge in [0.05, 0.1) is 12.3 Å². The van der Waals surface area contributed by atoms with Gasteiger partial charge in [-0.05, 0) is 42.7 Å². The van der Waals surface area contributed by atoms with Crippen molar-refractivity contribution < 1.29 is 4.74 Å². The van der Waals surface area contributed by atoms with Crippen LogP contribution in [0.4, 0.5) is 5.69 Å². The van der Waals surface area contributed by atoms with Gasteiger partial charge < -0.3 is 10.1 Å². The summed E-state index contributed by atoms with van der Waals surface area (Å²) in [6.07, 6.45) is 1.24. The van der Waals surface area contributed by atoms with Crippen LogP contribution in [0.25, 0.3) is 0 Å². The zero-order chi connectivity index (χ0) is 13.9. The van der Waals surface area contributed by atoms with Crippen LogP contribution >= 0.6 is 23.4 Å². The Bertz CT molecular complexity index is 436. The lowest BCUT2D eigenvalue weighted by molar-refractivity contribution is 0.302. The summed E-state index contributed by atoms with van der Waals surface area (Å²) in [4.78, 5) is 0. The van der Waals surface area contributed by atoms with Crippen LogP contribution in [0.3, 0.4) is 0 Å². The first-order valence-electron chi connectivity index (χ1n) is 6.79. The van der Waals surface area contributed by atoms with Crippen LogP contribution in [-0.4, -0.2) is 24.2 Å². The molecule has 0 bridgehead atoms. The number of ether oxygens (including phenoxy) is 1. The monoisotopic (exact) mass is 299 g/mol. The number of rotatable bonds is 4. The summed E-state index contributed by atoms with van der Waals surface area (Å²) in [7, 11) is 0. The average Bonchev–Trinajstić information content (AvgIpc) is 2.35. The van der Waals surface area contributed by atoms with Crippen LogP contribution in [0.15, 0.2) is 18.2 Å². The fraction of sp³-hybridized carbons (Fsp3) is 0.600. The Hall–Kier alpha value is -0.540. The zero-order valence-corrected chi connectivity index (χ0v) is 13.4. The van der Waals surface area contributed by atoms with E-state index in [4.69, 9.17) is 16.3 Å². The quantitative estimate of drug-likeness (QED) is 0.872. The van der Waals surface area contributed by atoms with Crippen molar-refractivity contribution in [3.63, 3.8) is 0 Å². The molecule has 2 rings (SSSR count). The van der Waals surface area contributed by atoms with Gasteiger partial charge in [-0.3, -0.25) is 0 Å². The lowest BCUT2D eigenvalue weighted by Crippen LogP contribution is -2.41. The highest BCUT2D eigenvalue weighted by molar-refractivity contribution is 7.99. The van der Waals surface area contributed by atoms with Gasteiger partial charge in [-0.1, -0.05) is 25.4 Å². The van der Waals surface area contributed by atoms with Crippen LogP contribution in [0.5, 0.6) is 5.75 Å². The first-order chi connectivity index (χ1) is 9.03. The fourth-order valence-electron chi connectivity index (χ4n) is 2.26. The highest BCUT2D eigenvalue weighted by Crippen LogP contribution is 2.38. The summed E-state index contributed by atoms with van der Waals surface area (Å²) >= 11 is 8.12. The van der Waals surface area contributed by atoms with E-state index >= 15 is 0 Å². The molecule has 1 N–H and O–H groups in total. The molecule has 0 spiro atoms. The molecule has 1 heterocycles. The second-order valence-electron chi connectivity index (χ2n) is 5.58. The molecule has 1 unspecified atom stereocenters. The third-order valence-electron chi connectivity index (χ3n) is 3.69. The van der Waals surface area contributed by atoms with Crippen molar-refractivity contribution in [2.45, 2.75) is 33.2 Å². The molecule has 1 aromatic rings. The molecular weight excluding hydrogens is 278 g/mol. The van der Waals surface area contributed by atoms with Gasteiger partial charge in [0.2, 0.25) is 0 Å².